The number of nitrogens with one attached hydrogen (secondary N) is 1. The summed E-state index contributed by atoms with van der Waals surface area (Å²) in [4.78, 5) is 2.47. The summed E-state index contributed by atoms with van der Waals surface area (Å²) in [6, 6.07) is 0.730. The molecule has 2 rings (SSSR count). The zero-order valence-corrected chi connectivity index (χ0v) is 13.9. The molecule has 4 nitrogen and oxygen atoms in total. The summed E-state index contributed by atoms with van der Waals surface area (Å²) >= 11 is 1.70. The van der Waals surface area contributed by atoms with E-state index in [9.17, 15) is 0 Å². The second-order valence-corrected chi connectivity index (χ2v) is 6.99. The third-order valence-corrected chi connectivity index (χ3v) is 5.26. The SMILES string of the molecule is CCCNc1nnc(CN(C)C2CCC(CC)CC2)s1. The summed E-state index contributed by atoms with van der Waals surface area (Å²) in [5.74, 6) is 0.964. The molecule has 114 valence electrons. The predicted octanol–water partition coefficient (Wildman–Crippen LogP) is 3.76. The Balaban J connectivity index is 1.79. The molecule has 1 aromatic rings. The van der Waals surface area contributed by atoms with Crippen LogP contribution in [0.5, 0.6) is 0 Å². The number of hydrogen-bond acceptors (Lipinski definition) is 5. The van der Waals surface area contributed by atoms with Crippen molar-refractivity contribution in [3.8, 4) is 0 Å². The van der Waals surface area contributed by atoms with Crippen molar-refractivity contribution in [2.75, 3.05) is 18.9 Å². The summed E-state index contributed by atoms with van der Waals surface area (Å²) in [6.07, 6.45) is 7.94. The van der Waals surface area contributed by atoms with Crippen LogP contribution in [0.1, 0.15) is 57.4 Å². The Morgan fingerprint density at radius 2 is 1.95 bits per heavy atom. The van der Waals surface area contributed by atoms with Crippen molar-refractivity contribution in [3.63, 3.8) is 0 Å². The molecule has 0 saturated heterocycles. The zero-order valence-electron chi connectivity index (χ0n) is 13.1. The molecule has 1 aliphatic rings. The first-order valence-electron chi connectivity index (χ1n) is 7.99. The van der Waals surface area contributed by atoms with E-state index in [0.29, 0.717) is 0 Å². The molecule has 0 bridgehead atoms. The van der Waals surface area contributed by atoms with Crippen LogP contribution < -0.4 is 5.32 Å². The summed E-state index contributed by atoms with van der Waals surface area (Å²) in [5, 5.41) is 13.9. The first kappa shape index (κ1) is 15.7. The Hall–Kier alpha value is -0.680. The van der Waals surface area contributed by atoms with Gasteiger partial charge in [0.25, 0.3) is 0 Å². The minimum absolute atomic E-state index is 0.730. The molecule has 1 aliphatic carbocycles. The lowest BCUT2D eigenvalue weighted by molar-refractivity contribution is 0.157. The van der Waals surface area contributed by atoms with Gasteiger partial charge in [-0.25, -0.2) is 0 Å². The van der Waals surface area contributed by atoms with Crippen LogP contribution in [0.3, 0.4) is 0 Å². The van der Waals surface area contributed by atoms with Gasteiger partial charge >= 0.3 is 0 Å². The Morgan fingerprint density at radius 1 is 1.20 bits per heavy atom. The molecule has 1 aromatic heterocycles. The van der Waals surface area contributed by atoms with Gasteiger partial charge in [-0.2, -0.15) is 0 Å². The Morgan fingerprint density at radius 3 is 2.60 bits per heavy atom. The number of aromatic nitrogens is 2. The van der Waals surface area contributed by atoms with E-state index in [0.717, 1.165) is 41.6 Å². The van der Waals surface area contributed by atoms with Crippen molar-refractivity contribution < 1.29 is 0 Å². The lowest BCUT2D eigenvalue weighted by Crippen LogP contribution is -2.34. The Bertz CT molecular complexity index is 385. The average molecular weight is 296 g/mol. The fraction of sp³-hybridized carbons (Fsp3) is 0.867. The second-order valence-electron chi connectivity index (χ2n) is 5.93. The first-order valence-corrected chi connectivity index (χ1v) is 8.81. The summed E-state index contributed by atoms with van der Waals surface area (Å²) < 4.78 is 0. The fourth-order valence-corrected chi connectivity index (χ4v) is 3.79. The maximum atomic E-state index is 4.30. The van der Waals surface area contributed by atoms with Crippen molar-refractivity contribution in [3.05, 3.63) is 5.01 Å². The summed E-state index contributed by atoms with van der Waals surface area (Å²) in [6.45, 7) is 6.40. The highest BCUT2D eigenvalue weighted by molar-refractivity contribution is 7.15. The molecule has 0 aromatic carbocycles. The highest BCUT2D eigenvalue weighted by atomic mass is 32.1. The van der Waals surface area contributed by atoms with Gasteiger partial charge in [-0.1, -0.05) is 31.6 Å². The normalized spacial score (nSPS) is 23.2. The molecule has 0 unspecified atom stereocenters. The summed E-state index contributed by atoms with van der Waals surface area (Å²) in [5.41, 5.74) is 0. The van der Waals surface area contributed by atoms with Gasteiger partial charge in [0.15, 0.2) is 0 Å². The van der Waals surface area contributed by atoms with Gasteiger partial charge in [-0.05, 0) is 45.1 Å². The van der Waals surface area contributed by atoms with Crippen LogP contribution in [0.2, 0.25) is 0 Å². The fourth-order valence-electron chi connectivity index (χ4n) is 2.96. The van der Waals surface area contributed by atoms with E-state index in [-0.39, 0.29) is 0 Å². The van der Waals surface area contributed by atoms with Gasteiger partial charge in [0.2, 0.25) is 5.13 Å². The molecule has 1 saturated carbocycles. The number of nitrogens with zero attached hydrogens (tertiary/aromatic N) is 3. The van der Waals surface area contributed by atoms with Gasteiger partial charge in [0.05, 0.1) is 6.54 Å². The van der Waals surface area contributed by atoms with Crippen LogP contribution in [0, 0.1) is 5.92 Å². The monoisotopic (exact) mass is 296 g/mol. The maximum absolute atomic E-state index is 4.30. The van der Waals surface area contributed by atoms with Gasteiger partial charge in [-0.15, -0.1) is 10.2 Å². The Labute approximate surface area is 127 Å². The number of rotatable bonds is 7. The summed E-state index contributed by atoms with van der Waals surface area (Å²) in [7, 11) is 2.23. The molecular weight excluding hydrogens is 268 g/mol. The third-order valence-electron chi connectivity index (χ3n) is 4.39. The highest BCUT2D eigenvalue weighted by Gasteiger charge is 2.23. The minimum Gasteiger partial charge on any atom is -0.360 e. The standard InChI is InChI=1S/C15H28N4S/c1-4-10-16-15-18-17-14(20-15)11-19(3)13-8-6-12(5-2)7-9-13/h12-13H,4-11H2,1-3H3,(H,16,18). The molecule has 0 radical (unpaired) electrons. The van der Waals surface area contributed by atoms with Gasteiger partial charge in [0, 0.05) is 12.6 Å². The predicted molar refractivity (Wildman–Crippen MR) is 86.2 cm³/mol. The molecule has 1 fully saturated rings. The topological polar surface area (TPSA) is 41.1 Å². The van der Waals surface area contributed by atoms with Crippen LogP contribution in [0.4, 0.5) is 5.13 Å². The van der Waals surface area contributed by atoms with Crippen molar-refractivity contribution in [2.45, 2.75) is 65.0 Å². The molecule has 0 amide bonds. The lowest BCUT2D eigenvalue weighted by Gasteiger charge is -2.33. The molecule has 20 heavy (non-hydrogen) atoms. The van der Waals surface area contributed by atoms with Crippen LogP contribution in [-0.4, -0.2) is 34.7 Å². The van der Waals surface area contributed by atoms with Crippen LogP contribution in [0.25, 0.3) is 0 Å². The number of anilines is 1. The van der Waals surface area contributed by atoms with Gasteiger partial charge in [0.1, 0.15) is 5.01 Å². The average Bonchev–Trinajstić information content (AvgIpc) is 2.92. The van der Waals surface area contributed by atoms with E-state index in [4.69, 9.17) is 0 Å². The smallest absolute Gasteiger partial charge is 0.205 e. The van der Waals surface area contributed by atoms with E-state index >= 15 is 0 Å². The first-order chi connectivity index (χ1) is 9.72. The van der Waals surface area contributed by atoms with E-state index in [2.05, 4.69) is 41.3 Å². The molecule has 1 heterocycles. The quantitative estimate of drug-likeness (QED) is 0.832. The van der Waals surface area contributed by atoms with E-state index in [1.807, 2.05) is 0 Å². The molecule has 0 atom stereocenters. The van der Waals surface area contributed by atoms with Crippen LogP contribution >= 0.6 is 11.3 Å². The second kappa shape index (κ2) is 7.93. The molecule has 0 aliphatic heterocycles. The van der Waals surface area contributed by atoms with Crippen molar-refractivity contribution >= 4 is 16.5 Å². The maximum Gasteiger partial charge on any atom is 0.205 e. The minimum atomic E-state index is 0.730. The van der Waals surface area contributed by atoms with Crippen LogP contribution in [0.15, 0.2) is 0 Å². The molecule has 0 spiro atoms. The molecule has 5 heteroatoms. The van der Waals surface area contributed by atoms with E-state index < -0.39 is 0 Å². The molecule has 1 N–H and O–H groups in total. The lowest BCUT2D eigenvalue weighted by atomic mass is 9.84. The zero-order chi connectivity index (χ0) is 14.4. The highest BCUT2D eigenvalue weighted by Crippen LogP contribution is 2.29. The van der Waals surface area contributed by atoms with Gasteiger partial charge < -0.3 is 5.32 Å². The Kier molecular flexibility index (Phi) is 6.23. The van der Waals surface area contributed by atoms with Crippen LogP contribution in [-0.2, 0) is 6.54 Å². The van der Waals surface area contributed by atoms with Crippen molar-refractivity contribution in [1.82, 2.24) is 15.1 Å². The largest absolute Gasteiger partial charge is 0.360 e. The van der Waals surface area contributed by atoms with E-state index in [1.54, 1.807) is 11.3 Å². The van der Waals surface area contributed by atoms with E-state index in [1.165, 1.54) is 32.1 Å². The third kappa shape index (κ3) is 4.42. The van der Waals surface area contributed by atoms with Gasteiger partial charge in [-0.3, -0.25) is 4.90 Å². The van der Waals surface area contributed by atoms with Crippen molar-refractivity contribution in [2.24, 2.45) is 5.92 Å². The van der Waals surface area contributed by atoms with Crippen molar-refractivity contribution in [1.29, 1.82) is 0 Å². The molecular formula is C15H28N4S. The number of hydrogen-bond donors (Lipinski definition) is 1.